The number of nitrogens with one attached hydrogen (secondary N) is 2. The predicted molar refractivity (Wildman–Crippen MR) is 126 cm³/mol. The number of guanidine groups is 1. The zero-order chi connectivity index (χ0) is 19.8. The molecule has 1 saturated heterocycles. The number of aryl methyl sites for hydroxylation is 1. The molecule has 1 aliphatic heterocycles. The molecule has 1 heterocycles. The Balaban J connectivity index is 0.00000392. The van der Waals surface area contributed by atoms with Crippen LogP contribution in [0.1, 0.15) is 37.8 Å². The topological polar surface area (TPSA) is 66.0 Å². The van der Waals surface area contributed by atoms with Crippen molar-refractivity contribution in [2.45, 2.75) is 46.1 Å². The van der Waals surface area contributed by atoms with Gasteiger partial charge in [-0.1, -0.05) is 26.0 Å². The number of likely N-dealkylation sites (tertiary alicyclic amines) is 1. The molecule has 1 aromatic carbocycles. The molecule has 2 rings (SSSR count). The molecule has 28 heavy (non-hydrogen) atoms. The molecule has 6 nitrogen and oxygen atoms in total. The maximum atomic E-state index is 12.1. The van der Waals surface area contributed by atoms with Crippen LogP contribution in [-0.4, -0.2) is 56.6 Å². The first-order chi connectivity index (χ1) is 12.9. The van der Waals surface area contributed by atoms with Gasteiger partial charge in [0.1, 0.15) is 5.75 Å². The van der Waals surface area contributed by atoms with Crippen LogP contribution in [0.25, 0.3) is 0 Å². The van der Waals surface area contributed by atoms with E-state index in [2.05, 4.69) is 33.8 Å². The molecule has 0 unspecified atom stereocenters. The van der Waals surface area contributed by atoms with Crippen molar-refractivity contribution in [3.63, 3.8) is 0 Å². The molecule has 7 heteroatoms. The Morgan fingerprint density at radius 1 is 1.32 bits per heavy atom. The van der Waals surface area contributed by atoms with Crippen molar-refractivity contribution in [2.75, 3.05) is 33.8 Å². The number of carbonyl (C=O) groups excluding carboxylic acids is 1. The summed E-state index contributed by atoms with van der Waals surface area (Å²) in [5, 5.41) is 6.88. The van der Waals surface area contributed by atoms with Crippen LogP contribution in [0.3, 0.4) is 0 Å². The summed E-state index contributed by atoms with van der Waals surface area (Å²) < 4.78 is 5.39. The second-order valence-electron chi connectivity index (χ2n) is 7.45. The zero-order valence-corrected chi connectivity index (χ0v) is 20.1. The summed E-state index contributed by atoms with van der Waals surface area (Å²) in [7, 11) is 3.50. The average Bonchev–Trinajstić information content (AvgIpc) is 2.68. The fourth-order valence-electron chi connectivity index (χ4n) is 3.34. The Morgan fingerprint density at radius 3 is 2.57 bits per heavy atom. The lowest BCUT2D eigenvalue weighted by atomic mass is 10.0. The van der Waals surface area contributed by atoms with Crippen LogP contribution in [-0.2, 0) is 11.2 Å². The van der Waals surface area contributed by atoms with E-state index in [1.807, 2.05) is 25.7 Å². The zero-order valence-electron chi connectivity index (χ0n) is 17.7. The molecule has 1 aliphatic rings. The van der Waals surface area contributed by atoms with Gasteiger partial charge in [0.2, 0.25) is 5.91 Å². The SMILES string of the molecule is CN=C(NCCc1ccc(C)c(OC)c1)NC1CCN(C(=O)C(C)C)CC1.I. The van der Waals surface area contributed by atoms with Gasteiger partial charge >= 0.3 is 0 Å². The number of hydrogen-bond acceptors (Lipinski definition) is 3. The van der Waals surface area contributed by atoms with E-state index in [0.29, 0.717) is 6.04 Å². The van der Waals surface area contributed by atoms with Crippen molar-refractivity contribution in [3.05, 3.63) is 29.3 Å². The second-order valence-corrected chi connectivity index (χ2v) is 7.45. The van der Waals surface area contributed by atoms with Gasteiger partial charge in [0.15, 0.2) is 5.96 Å². The maximum absolute atomic E-state index is 12.1. The molecule has 0 atom stereocenters. The van der Waals surface area contributed by atoms with Crippen molar-refractivity contribution in [2.24, 2.45) is 10.9 Å². The van der Waals surface area contributed by atoms with Gasteiger partial charge in [-0.25, -0.2) is 0 Å². The molecule has 2 N–H and O–H groups in total. The van der Waals surface area contributed by atoms with Crippen LogP contribution >= 0.6 is 24.0 Å². The minimum absolute atomic E-state index is 0. The van der Waals surface area contributed by atoms with E-state index in [0.717, 1.165) is 56.2 Å². The number of nitrogens with zero attached hydrogens (tertiary/aromatic N) is 2. The third kappa shape index (κ3) is 7.14. The molecule has 1 fully saturated rings. The Morgan fingerprint density at radius 2 is 2.00 bits per heavy atom. The van der Waals surface area contributed by atoms with Gasteiger partial charge in [-0.3, -0.25) is 9.79 Å². The number of benzene rings is 1. The largest absolute Gasteiger partial charge is 0.496 e. The highest BCUT2D eigenvalue weighted by Gasteiger charge is 2.24. The first kappa shape index (κ1) is 24.5. The summed E-state index contributed by atoms with van der Waals surface area (Å²) in [6.45, 7) is 8.40. The van der Waals surface area contributed by atoms with Gasteiger partial charge < -0.3 is 20.3 Å². The lowest BCUT2D eigenvalue weighted by Crippen LogP contribution is -2.50. The number of rotatable bonds is 6. The fourth-order valence-corrected chi connectivity index (χ4v) is 3.34. The van der Waals surface area contributed by atoms with Crippen LogP contribution in [0.4, 0.5) is 0 Å². The van der Waals surface area contributed by atoms with Crippen molar-refractivity contribution in [1.82, 2.24) is 15.5 Å². The molecular formula is C21H35IN4O2. The highest BCUT2D eigenvalue weighted by molar-refractivity contribution is 14.0. The number of hydrogen-bond donors (Lipinski definition) is 2. The molecule has 0 spiro atoms. The van der Waals surface area contributed by atoms with E-state index >= 15 is 0 Å². The standard InChI is InChI=1S/C21H34N4O2.HI/c1-15(2)20(26)25-12-9-18(10-13-25)24-21(22-4)23-11-8-17-7-6-16(3)19(14-17)27-5;/h6-7,14-15,18H,8-13H2,1-5H3,(H2,22,23,24);1H. The monoisotopic (exact) mass is 502 g/mol. The molecule has 0 aliphatic carbocycles. The van der Waals surface area contributed by atoms with E-state index in [9.17, 15) is 4.79 Å². The Labute approximate surface area is 186 Å². The summed E-state index contributed by atoms with van der Waals surface area (Å²) >= 11 is 0. The molecule has 0 saturated carbocycles. The number of aliphatic imine (C=N–C) groups is 1. The number of piperidine rings is 1. The quantitative estimate of drug-likeness (QED) is 0.357. The van der Waals surface area contributed by atoms with Crippen molar-refractivity contribution in [3.8, 4) is 5.75 Å². The Kier molecular flexibility index (Phi) is 10.6. The van der Waals surface area contributed by atoms with E-state index in [1.54, 1.807) is 14.2 Å². The second kappa shape index (κ2) is 12.1. The third-order valence-electron chi connectivity index (χ3n) is 5.04. The highest BCUT2D eigenvalue weighted by atomic mass is 127. The molecule has 0 aromatic heterocycles. The van der Waals surface area contributed by atoms with Crippen LogP contribution in [0.2, 0.25) is 0 Å². The Bertz CT molecular complexity index is 656. The van der Waals surface area contributed by atoms with Gasteiger partial charge in [-0.05, 0) is 43.4 Å². The minimum Gasteiger partial charge on any atom is -0.496 e. The fraction of sp³-hybridized carbons (Fsp3) is 0.619. The highest BCUT2D eigenvalue weighted by Crippen LogP contribution is 2.19. The predicted octanol–water partition coefficient (Wildman–Crippen LogP) is 2.98. The van der Waals surface area contributed by atoms with Crippen LogP contribution in [0, 0.1) is 12.8 Å². The van der Waals surface area contributed by atoms with Crippen LogP contribution in [0.5, 0.6) is 5.75 Å². The van der Waals surface area contributed by atoms with Crippen molar-refractivity contribution >= 4 is 35.8 Å². The Hall–Kier alpha value is -1.51. The van der Waals surface area contributed by atoms with Gasteiger partial charge in [0.25, 0.3) is 0 Å². The summed E-state index contributed by atoms with van der Waals surface area (Å²) in [5.74, 6) is 2.08. The normalized spacial score (nSPS) is 15.2. The third-order valence-corrected chi connectivity index (χ3v) is 5.04. The van der Waals surface area contributed by atoms with Crippen molar-refractivity contribution < 1.29 is 9.53 Å². The first-order valence-electron chi connectivity index (χ1n) is 9.84. The molecule has 0 bridgehead atoms. The van der Waals surface area contributed by atoms with E-state index < -0.39 is 0 Å². The van der Waals surface area contributed by atoms with Crippen LogP contribution < -0.4 is 15.4 Å². The number of halogens is 1. The van der Waals surface area contributed by atoms with Gasteiger partial charge in [0, 0.05) is 38.6 Å². The maximum Gasteiger partial charge on any atom is 0.225 e. The molecule has 0 radical (unpaired) electrons. The molecule has 1 amide bonds. The molecule has 158 valence electrons. The van der Waals surface area contributed by atoms with E-state index in [1.165, 1.54) is 5.56 Å². The number of amides is 1. The lowest BCUT2D eigenvalue weighted by molar-refractivity contribution is -0.135. The smallest absolute Gasteiger partial charge is 0.225 e. The number of carbonyl (C=O) groups is 1. The average molecular weight is 502 g/mol. The molecular weight excluding hydrogens is 467 g/mol. The summed E-state index contributed by atoms with van der Waals surface area (Å²) in [6.07, 6.45) is 2.81. The number of ether oxygens (including phenoxy) is 1. The lowest BCUT2D eigenvalue weighted by Gasteiger charge is -2.34. The minimum atomic E-state index is 0. The summed E-state index contributed by atoms with van der Waals surface area (Å²) in [6, 6.07) is 6.67. The van der Waals surface area contributed by atoms with E-state index in [-0.39, 0.29) is 35.8 Å². The van der Waals surface area contributed by atoms with Crippen molar-refractivity contribution in [1.29, 1.82) is 0 Å². The molecule has 1 aromatic rings. The first-order valence-corrected chi connectivity index (χ1v) is 9.84. The van der Waals surface area contributed by atoms with Gasteiger partial charge in [0.05, 0.1) is 7.11 Å². The van der Waals surface area contributed by atoms with Gasteiger partial charge in [-0.2, -0.15) is 0 Å². The van der Waals surface area contributed by atoms with E-state index in [4.69, 9.17) is 4.74 Å². The number of methoxy groups -OCH3 is 1. The summed E-state index contributed by atoms with van der Waals surface area (Å²) in [5.41, 5.74) is 2.38. The van der Waals surface area contributed by atoms with Gasteiger partial charge in [-0.15, -0.1) is 24.0 Å². The van der Waals surface area contributed by atoms with Crippen LogP contribution in [0.15, 0.2) is 23.2 Å². The summed E-state index contributed by atoms with van der Waals surface area (Å²) in [4.78, 5) is 18.4.